The van der Waals surface area contributed by atoms with Gasteiger partial charge in [0.25, 0.3) is 17.7 Å². The van der Waals surface area contributed by atoms with Gasteiger partial charge in [-0.25, -0.2) is 9.38 Å². The van der Waals surface area contributed by atoms with Gasteiger partial charge in [-0.15, -0.1) is 0 Å². The zero-order valence-electron chi connectivity index (χ0n) is 22.0. The highest BCUT2D eigenvalue weighted by Gasteiger charge is 2.36. The van der Waals surface area contributed by atoms with Crippen molar-refractivity contribution in [3.63, 3.8) is 0 Å². The predicted octanol–water partition coefficient (Wildman–Crippen LogP) is 0.692. The van der Waals surface area contributed by atoms with E-state index in [-0.39, 0.29) is 41.9 Å². The van der Waals surface area contributed by atoms with Crippen LogP contribution >= 0.6 is 0 Å². The van der Waals surface area contributed by atoms with Crippen LogP contribution in [0.25, 0.3) is 0 Å². The minimum Gasteiger partial charge on any atom is -0.387 e. The third-order valence-corrected chi connectivity index (χ3v) is 6.68. The molecule has 3 aliphatic rings. The molecule has 0 spiro atoms. The maximum Gasteiger partial charge on any atom is 0.261 e. The van der Waals surface area contributed by atoms with Gasteiger partial charge in [0, 0.05) is 50.9 Å². The number of carbonyl (C=O) groups is 3. The summed E-state index contributed by atoms with van der Waals surface area (Å²) in [6, 6.07) is 3.36. The van der Waals surface area contributed by atoms with Gasteiger partial charge in [-0.2, -0.15) is 0 Å². The number of hydrogen-bond donors (Lipinski definition) is 5. The highest BCUT2D eigenvalue weighted by Crippen LogP contribution is 2.35. The molecule has 4 rings (SSSR count). The summed E-state index contributed by atoms with van der Waals surface area (Å²) in [5.74, 6) is -1.25. The fourth-order valence-corrected chi connectivity index (χ4v) is 4.34. The first kappa shape index (κ1) is 27.9. The number of aliphatic imine (C=N–C) groups is 1. The Bertz CT molecular complexity index is 1280. The van der Waals surface area contributed by atoms with Crippen molar-refractivity contribution in [2.45, 2.75) is 32.2 Å². The van der Waals surface area contributed by atoms with Crippen LogP contribution in [0, 0.1) is 5.41 Å². The normalized spacial score (nSPS) is 19.1. The summed E-state index contributed by atoms with van der Waals surface area (Å²) in [4.78, 5) is 45.7. The lowest BCUT2D eigenvalue weighted by Gasteiger charge is -2.31. The van der Waals surface area contributed by atoms with Crippen molar-refractivity contribution in [3.05, 3.63) is 46.4 Å². The molecule has 208 valence electrons. The number of rotatable bonds is 8. The quantitative estimate of drug-likeness (QED) is 0.239. The van der Waals surface area contributed by atoms with E-state index in [4.69, 9.17) is 10.1 Å². The third kappa shape index (κ3) is 5.99. The van der Waals surface area contributed by atoms with Gasteiger partial charge in [0.1, 0.15) is 12.0 Å². The summed E-state index contributed by atoms with van der Waals surface area (Å²) in [6.07, 6.45) is 1.90. The second-order valence-corrected chi connectivity index (χ2v) is 9.87. The number of hydrogen-bond acceptors (Lipinski definition) is 9. The van der Waals surface area contributed by atoms with E-state index in [1.807, 2.05) is 4.90 Å². The van der Waals surface area contributed by atoms with Crippen LogP contribution in [-0.4, -0.2) is 91.8 Å². The van der Waals surface area contributed by atoms with Crippen molar-refractivity contribution in [1.82, 2.24) is 15.5 Å². The van der Waals surface area contributed by atoms with Gasteiger partial charge in [0.15, 0.2) is 0 Å². The monoisotopic (exact) mass is 541 g/mol. The van der Waals surface area contributed by atoms with Crippen LogP contribution < -0.4 is 20.9 Å². The Hall–Kier alpha value is -4.10. The molecule has 0 aliphatic carbocycles. The van der Waals surface area contributed by atoms with Gasteiger partial charge in [-0.3, -0.25) is 14.4 Å². The highest BCUT2D eigenvalue weighted by atomic mass is 19.1. The van der Waals surface area contributed by atoms with E-state index in [0.717, 1.165) is 6.21 Å². The van der Waals surface area contributed by atoms with E-state index in [1.54, 1.807) is 12.1 Å². The van der Waals surface area contributed by atoms with Crippen molar-refractivity contribution in [1.29, 1.82) is 5.41 Å². The van der Waals surface area contributed by atoms with E-state index in [1.165, 1.54) is 38.2 Å². The summed E-state index contributed by atoms with van der Waals surface area (Å²) < 4.78 is 20.0. The Kier molecular flexibility index (Phi) is 8.11. The van der Waals surface area contributed by atoms with Crippen LogP contribution in [0.5, 0.6) is 0 Å². The van der Waals surface area contributed by atoms with E-state index in [2.05, 4.69) is 20.9 Å². The minimum absolute atomic E-state index is 0.0740. The number of alkyl halides is 1. The Morgan fingerprint density at radius 2 is 2.05 bits per heavy atom. The number of nitrogens with one attached hydrogen (secondary N) is 4. The molecule has 0 aromatic heterocycles. The number of likely N-dealkylation sites (N-methyl/N-ethyl adjacent to an activating group) is 1. The minimum atomic E-state index is -1.64. The number of anilines is 2. The number of nitrogens with zero attached hydrogens (tertiary/aromatic N) is 3. The Labute approximate surface area is 225 Å². The summed E-state index contributed by atoms with van der Waals surface area (Å²) in [5.41, 5.74) is 0.589. The van der Waals surface area contributed by atoms with Gasteiger partial charge >= 0.3 is 0 Å². The van der Waals surface area contributed by atoms with E-state index in [0.29, 0.717) is 48.8 Å². The molecule has 39 heavy (non-hydrogen) atoms. The molecular weight excluding hydrogens is 509 g/mol. The van der Waals surface area contributed by atoms with Crippen molar-refractivity contribution in [2.75, 3.05) is 50.1 Å². The summed E-state index contributed by atoms with van der Waals surface area (Å²) in [5, 5.41) is 25.9. The molecule has 3 aliphatic heterocycles. The van der Waals surface area contributed by atoms with Crippen molar-refractivity contribution < 1.29 is 28.6 Å². The molecule has 13 heteroatoms. The van der Waals surface area contributed by atoms with Crippen LogP contribution in [-0.2, 0) is 20.9 Å². The van der Waals surface area contributed by atoms with Crippen molar-refractivity contribution >= 4 is 41.5 Å². The second-order valence-electron chi connectivity index (χ2n) is 9.87. The molecule has 12 nitrogen and oxygen atoms in total. The lowest BCUT2D eigenvalue weighted by atomic mass is 10.0. The fourth-order valence-electron chi connectivity index (χ4n) is 4.34. The third-order valence-electron chi connectivity index (χ3n) is 6.68. The average molecular weight is 542 g/mol. The molecule has 0 bridgehead atoms. The van der Waals surface area contributed by atoms with E-state index >= 15 is 0 Å². The number of fused-ring (bicyclic) bond motifs is 1. The van der Waals surface area contributed by atoms with Crippen LogP contribution in [0.4, 0.5) is 15.8 Å². The molecule has 1 fully saturated rings. The van der Waals surface area contributed by atoms with E-state index < -0.39 is 17.7 Å². The number of benzene rings is 1. The molecule has 1 aromatic carbocycles. The summed E-state index contributed by atoms with van der Waals surface area (Å²) in [6.45, 7) is 4.54. The summed E-state index contributed by atoms with van der Waals surface area (Å²) >= 11 is 0. The fraction of sp³-hybridized carbons (Fsp3) is 0.423. The van der Waals surface area contributed by atoms with E-state index in [9.17, 15) is 23.9 Å². The number of amides is 3. The van der Waals surface area contributed by atoms with Crippen LogP contribution in [0.1, 0.15) is 29.8 Å². The van der Waals surface area contributed by atoms with Gasteiger partial charge in [0.2, 0.25) is 0 Å². The molecule has 5 N–H and O–H groups in total. The topological polar surface area (TPSA) is 159 Å². The number of carbonyl (C=O) groups excluding carboxylic acids is 3. The van der Waals surface area contributed by atoms with Crippen LogP contribution in [0.2, 0.25) is 0 Å². The lowest BCUT2D eigenvalue weighted by molar-refractivity contribution is -0.116. The molecule has 3 amide bonds. The first-order valence-corrected chi connectivity index (χ1v) is 12.5. The zero-order valence-corrected chi connectivity index (χ0v) is 22.0. The van der Waals surface area contributed by atoms with Gasteiger partial charge in [-0.05, 0) is 31.5 Å². The smallest absolute Gasteiger partial charge is 0.261 e. The van der Waals surface area contributed by atoms with Gasteiger partial charge < -0.3 is 41.0 Å². The Morgan fingerprint density at radius 3 is 2.64 bits per heavy atom. The molecule has 0 radical (unpaired) electrons. The number of morpholine rings is 1. The first-order chi connectivity index (χ1) is 18.5. The molecule has 1 atom stereocenters. The maximum absolute atomic E-state index is 14.6. The summed E-state index contributed by atoms with van der Waals surface area (Å²) in [7, 11) is 1.48. The number of halogens is 1. The highest BCUT2D eigenvalue weighted by molar-refractivity contribution is 6.19. The Morgan fingerprint density at radius 1 is 1.33 bits per heavy atom. The van der Waals surface area contributed by atoms with Crippen molar-refractivity contribution in [2.24, 2.45) is 4.99 Å². The zero-order chi connectivity index (χ0) is 28.3. The van der Waals surface area contributed by atoms with Gasteiger partial charge in [-0.1, -0.05) is 0 Å². The predicted molar refractivity (Wildman–Crippen MR) is 144 cm³/mol. The largest absolute Gasteiger partial charge is 0.387 e. The van der Waals surface area contributed by atoms with Crippen LogP contribution in [0.15, 0.2) is 40.3 Å². The Balaban J connectivity index is 1.63. The maximum atomic E-state index is 14.6. The lowest BCUT2D eigenvalue weighted by Crippen LogP contribution is -2.42. The molecule has 0 saturated carbocycles. The van der Waals surface area contributed by atoms with Crippen molar-refractivity contribution in [3.8, 4) is 0 Å². The molecular formula is C26H32FN7O5. The SMILES string of the molecule is CNC(=O)C1=CN/C(=C(\C=N)C(=O)Nc2cc3c(cc2N2CCOCC2)C(=O)N(C[C@@H](F)C(C)(C)O)C3)N=C1. The molecule has 0 unspecified atom stereocenters. The number of aliphatic hydroxyl groups is 1. The molecule has 1 saturated heterocycles. The average Bonchev–Trinajstić information content (AvgIpc) is 3.22. The van der Waals surface area contributed by atoms with Gasteiger partial charge in [0.05, 0.1) is 47.9 Å². The second kappa shape index (κ2) is 11.3. The number of ether oxygens (including phenoxy) is 1. The van der Waals surface area contributed by atoms with Crippen LogP contribution in [0.3, 0.4) is 0 Å². The molecule has 1 aromatic rings. The molecule has 3 heterocycles. The standard InChI is InChI=1S/C26H32FN7O5/c1-26(2,38)21(27)14-34-13-15-8-19(20(9-17(15)25(34)37)33-4-6-39-7-5-33)32-24(36)18(10-28)22-30-11-16(12-31-22)23(35)29-3/h8-12,21,28,30,38H,4-7,13-14H2,1-3H3,(H,29,35)(H,32,36)/b22-18-,28-10?/t21-/m1/s1. The first-order valence-electron chi connectivity index (χ1n) is 12.5.